The lowest BCUT2D eigenvalue weighted by Gasteiger charge is -2.35. The molecule has 0 radical (unpaired) electrons. The Morgan fingerprint density at radius 1 is 1.24 bits per heavy atom. The van der Waals surface area contributed by atoms with Crippen LogP contribution < -0.4 is 9.46 Å². The molecule has 1 aliphatic rings. The van der Waals surface area contributed by atoms with Gasteiger partial charge in [0, 0.05) is 25.6 Å². The predicted octanol–water partition coefficient (Wildman–Crippen LogP) is 2.54. The Morgan fingerprint density at radius 2 is 1.96 bits per heavy atom. The number of hydrogen-bond acceptors (Lipinski definition) is 4. The van der Waals surface area contributed by atoms with Crippen LogP contribution in [0, 0.1) is 0 Å². The third-order valence-electron chi connectivity index (χ3n) is 4.49. The smallest absolute Gasteiger partial charge is 0.240 e. The van der Waals surface area contributed by atoms with Crippen LogP contribution in [0.1, 0.15) is 46.0 Å². The number of nitrogens with zero attached hydrogens (tertiary/aromatic N) is 1. The highest BCUT2D eigenvalue weighted by Crippen LogP contribution is 2.20. The van der Waals surface area contributed by atoms with Crippen LogP contribution in [0.15, 0.2) is 29.2 Å². The maximum absolute atomic E-state index is 12.4. The molecule has 25 heavy (non-hydrogen) atoms. The Balaban J connectivity index is 1.88. The molecular weight excluding hydrogens is 340 g/mol. The fourth-order valence-corrected chi connectivity index (χ4v) is 4.19. The summed E-state index contributed by atoms with van der Waals surface area (Å²) in [6.45, 7) is 5.38. The first-order valence-corrected chi connectivity index (χ1v) is 10.5. The summed E-state index contributed by atoms with van der Waals surface area (Å²) in [6, 6.07) is 6.56. The minimum atomic E-state index is -3.61. The second-order valence-corrected chi connectivity index (χ2v) is 7.96. The van der Waals surface area contributed by atoms with Crippen molar-refractivity contribution in [2.24, 2.45) is 0 Å². The van der Waals surface area contributed by atoms with Crippen LogP contribution in [0.25, 0.3) is 0 Å². The van der Waals surface area contributed by atoms with Crippen LogP contribution in [0.5, 0.6) is 5.75 Å². The van der Waals surface area contributed by atoms with Crippen molar-refractivity contribution in [2.75, 3.05) is 19.7 Å². The van der Waals surface area contributed by atoms with Crippen molar-refractivity contribution in [3.8, 4) is 5.75 Å². The molecule has 1 fully saturated rings. The van der Waals surface area contributed by atoms with Crippen LogP contribution in [-0.4, -0.2) is 45.0 Å². The van der Waals surface area contributed by atoms with Crippen molar-refractivity contribution in [1.82, 2.24) is 9.62 Å². The molecule has 0 aliphatic carbocycles. The van der Waals surface area contributed by atoms with Crippen LogP contribution in [0.3, 0.4) is 0 Å². The molecule has 1 N–H and O–H groups in total. The zero-order valence-electron chi connectivity index (χ0n) is 15.0. The molecule has 1 amide bonds. The van der Waals surface area contributed by atoms with E-state index in [1.807, 2.05) is 11.8 Å². The Morgan fingerprint density at radius 3 is 2.60 bits per heavy atom. The van der Waals surface area contributed by atoms with Gasteiger partial charge in [0.25, 0.3) is 0 Å². The van der Waals surface area contributed by atoms with E-state index < -0.39 is 10.0 Å². The highest BCUT2D eigenvalue weighted by atomic mass is 32.2. The molecule has 0 aromatic heterocycles. The molecule has 6 nitrogen and oxygen atoms in total. The first kappa shape index (κ1) is 19.7. The lowest BCUT2D eigenvalue weighted by molar-refractivity contribution is -0.134. The molecule has 1 aromatic rings. The summed E-state index contributed by atoms with van der Waals surface area (Å²) in [5.74, 6) is 0.660. The van der Waals surface area contributed by atoms with E-state index in [2.05, 4.69) is 11.6 Å². The Hall–Kier alpha value is -1.60. The Kier molecular flexibility index (Phi) is 7.25. The molecule has 2 rings (SSSR count). The SMILES string of the molecule is CCOc1ccc(S(=O)(=O)NCCC(=O)N2CCCCC2CC)cc1. The quantitative estimate of drug-likeness (QED) is 0.765. The van der Waals surface area contributed by atoms with Crippen molar-refractivity contribution in [2.45, 2.75) is 56.9 Å². The van der Waals surface area contributed by atoms with E-state index in [0.29, 0.717) is 18.4 Å². The van der Waals surface area contributed by atoms with Gasteiger partial charge in [-0.15, -0.1) is 0 Å². The van der Waals surface area contributed by atoms with Gasteiger partial charge >= 0.3 is 0 Å². The summed E-state index contributed by atoms with van der Waals surface area (Å²) >= 11 is 0. The fraction of sp³-hybridized carbons (Fsp3) is 0.611. The van der Waals surface area contributed by atoms with Gasteiger partial charge in [0.1, 0.15) is 5.75 Å². The van der Waals surface area contributed by atoms with E-state index in [-0.39, 0.29) is 23.8 Å². The van der Waals surface area contributed by atoms with Crippen LogP contribution in [0.4, 0.5) is 0 Å². The maximum atomic E-state index is 12.4. The van der Waals surface area contributed by atoms with E-state index in [0.717, 1.165) is 32.2 Å². The van der Waals surface area contributed by atoms with Gasteiger partial charge < -0.3 is 9.64 Å². The van der Waals surface area contributed by atoms with Gasteiger partial charge in [0.15, 0.2) is 0 Å². The third kappa shape index (κ3) is 5.44. The molecule has 1 aromatic carbocycles. The summed E-state index contributed by atoms with van der Waals surface area (Å²) in [4.78, 5) is 14.5. The van der Waals surface area contributed by atoms with Crippen LogP contribution in [-0.2, 0) is 14.8 Å². The minimum Gasteiger partial charge on any atom is -0.494 e. The number of piperidine rings is 1. The van der Waals surface area contributed by atoms with E-state index in [1.54, 1.807) is 12.1 Å². The Bertz CT molecular complexity index is 658. The van der Waals surface area contributed by atoms with Gasteiger partial charge in [0.2, 0.25) is 15.9 Å². The molecule has 0 bridgehead atoms. The number of benzene rings is 1. The van der Waals surface area contributed by atoms with Crippen molar-refractivity contribution in [3.05, 3.63) is 24.3 Å². The molecule has 0 saturated carbocycles. The lowest BCUT2D eigenvalue weighted by Crippen LogP contribution is -2.44. The van der Waals surface area contributed by atoms with Crippen molar-refractivity contribution in [1.29, 1.82) is 0 Å². The highest BCUT2D eigenvalue weighted by Gasteiger charge is 2.25. The number of carbonyl (C=O) groups excluding carboxylic acids is 1. The number of amides is 1. The number of likely N-dealkylation sites (tertiary alicyclic amines) is 1. The summed E-state index contributed by atoms with van der Waals surface area (Å²) in [5, 5.41) is 0. The molecule has 0 spiro atoms. The van der Waals surface area contributed by atoms with Gasteiger partial charge in [-0.25, -0.2) is 13.1 Å². The minimum absolute atomic E-state index is 0.0287. The molecule has 1 saturated heterocycles. The van der Waals surface area contributed by atoms with Gasteiger partial charge in [-0.1, -0.05) is 6.92 Å². The predicted molar refractivity (Wildman–Crippen MR) is 97.1 cm³/mol. The molecule has 1 aliphatic heterocycles. The number of rotatable bonds is 8. The fourth-order valence-electron chi connectivity index (χ4n) is 3.15. The van der Waals surface area contributed by atoms with Gasteiger partial charge in [-0.2, -0.15) is 0 Å². The van der Waals surface area contributed by atoms with E-state index in [1.165, 1.54) is 12.1 Å². The van der Waals surface area contributed by atoms with Crippen molar-refractivity contribution in [3.63, 3.8) is 0 Å². The van der Waals surface area contributed by atoms with E-state index in [9.17, 15) is 13.2 Å². The Labute approximate surface area is 150 Å². The monoisotopic (exact) mass is 368 g/mol. The average Bonchev–Trinajstić information content (AvgIpc) is 2.62. The van der Waals surface area contributed by atoms with Gasteiger partial charge in [-0.3, -0.25) is 4.79 Å². The van der Waals surface area contributed by atoms with Crippen molar-refractivity contribution < 1.29 is 17.9 Å². The lowest BCUT2D eigenvalue weighted by atomic mass is 9.99. The van der Waals surface area contributed by atoms with Gasteiger partial charge in [-0.05, 0) is 56.9 Å². The number of carbonyl (C=O) groups is 1. The van der Waals surface area contributed by atoms with Crippen LogP contribution in [0.2, 0.25) is 0 Å². The third-order valence-corrected chi connectivity index (χ3v) is 5.97. The molecule has 140 valence electrons. The second-order valence-electron chi connectivity index (χ2n) is 6.20. The molecular formula is C18H28N2O4S. The molecule has 7 heteroatoms. The first-order valence-electron chi connectivity index (χ1n) is 9.00. The first-order chi connectivity index (χ1) is 12.0. The zero-order valence-corrected chi connectivity index (χ0v) is 15.8. The molecule has 1 heterocycles. The number of sulfonamides is 1. The number of hydrogen-bond donors (Lipinski definition) is 1. The number of nitrogens with one attached hydrogen (secondary N) is 1. The summed E-state index contributed by atoms with van der Waals surface area (Å²) in [7, 11) is -3.61. The summed E-state index contributed by atoms with van der Waals surface area (Å²) in [5.41, 5.74) is 0. The standard InChI is InChI=1S/C18H28N2O4S/c1-3-15-7-5-6-14-20(15)18(21)12-13-19-25(22,23)17-10-8-16(9-11-17)24-4-2/h8-11,15,19H,3-7,12-14H2,1-2H3. The summed E-state index contributed by atoms with van der Waals surface area (Å²) in [6.07, 6.45) is 4.36. The average molecular weight is 368 g/mol. The highest BCUT2D eigenvalue weighted by molar-refractivity contribution is 7.89. The molecule has 1 atom stereocenters. The van der Waals surface area contributed by atoms with Crippen LogP contribution >= 0.6 is 0 Å². The van der Waals surface area contributed by atoms with Crippen molar-refractivity contribution >= 4 is 15.9 Å². The zero-order chi connectivity index (χ0) is 18.3. The van der Waals surface area contributed by atoms with E-state index in [4.69, 9.17) is 4.74 Å². The maximum Gasteiger partial charge on any atom is 0.240 e. The normalized spacial score (nSPS) is 18.2. The number of ether oxygens (including phenoxy) is 1. The second kappa shape index (κ2) is 9.20. The summed E-state index contributed by atoms with van der Waals surface area (Å²) < 4.78 is 32.4. The van der Waals surface area contributed by atoms with E-state index >= 15 is 0 Å². The molecule has 1 unspecified atom stereocenters. The van der Waals surface area contributed by atoms with Gasteiger partial charge in [0.05, 0.1) is 11.5 Å². The largest absolute Gasteiger partial charge is 0.494 e. The topological polar surface area (TPSA) is 75.7 Å².